The van der Waals surface area contributed by atoms with E-state index in [0.717, 1.165) is 11.4 Å². The van der Waals surface area contributed by atoms with Crippen LogP contribution in [0.15, 0.2) is 35.4 Å². The molecule has 3 heterocycles. The second-order valence-corrected chi connectivity index (χ2v) is 11.6. The van der Waals surface area contributed by atoms with E-state index in [1.54, 1.807) is 22.9 Å². The normalized spacial score (nSPS) is 19.9. The van der Waals surface area contributed by atoms with Crippen molar-refractivity contribution < 1.29 is 14.6 Å². The van der Waals surface area contributed by atoms with Gasteiger partial charge in [0.2, 0.25) is 0 Å². The van der Waals surface area contributed by atoms with E-state index in [4.69, 9.17) is 15.6 Å². The Balaban J connectivity index is 1.67. The third-order valence-corrected chi connectivity index (χ3v) is 7.32. The van der Waals surface area contributed by atoms with Gasteiger partial charge in [0, 0.05) is 35.9 Å². The predicted molar refractivity (Wildman–Crippen MR) is 144 cm³/mol. The van der Waals surface area contributed by atoms with Gasteiger partial charge in [0.25, 0.3) is 0 Å². The quantitative estimate of drug-likeness (QED) is 0.420. The number of anilines is 2. The van der Waals surface area contributed by atoms with Crippen LogP contribution in [-0.4, -0.2) is 56.9 Å². The Kier molecular flexibility index (Phi) is 7.59. The van der Waals surface area contributed by atoms with Gasteiger partial charge in [0.05, 0.1) is 16.8 Å². The minimum Gasteiger partial charge on any atom is -0.444 e. The van der Waals surface area contributed by atoms with Gasteiger partial charge in [-0.1, -0.05) is 0 Å². The first-order valence-corrected chi connectivity index (χ1v) is 13.6. The Bertz CT molecular complexity index is 1100. The van der Waals surface area contributed by atoms with Gasteiger partial charge in [-0.25, -0.2) is 4.79 Å². The Morgan fingerprint density at radius 2 is 2.00 bits per heavy atom. The Morgan fingerprint density at radius 1 is 1.33 bits per heavy atom. The van der Waals surface area contributed by atoms with Crippen molar-refractivity contribution in [2.75, 3.05) is 24.7 Å². The fourth-order valence-corrected chi connectivity index (χ4v) is 5.38. The van der Waals surface area contributed by atoms with Gasteiger partial charge in [-0.3, -0.25) is 4.68 Å². The SMILES string of the molecule is CSc1ccc(Nc2nn(C3(CC(C)N)CCN(C(=O)OC(C)(C)C)CC3)c3c2C(O)NC=C3)cc1. The number of nitrogens with one attached hydrogen (secondary N) is 2. The van der Waals surface area contributed by atoms with Crippen molar-refractivity contribution in [2.24, 2.45) is 5.73 Å². The predicted octanol–water partition coefficient (Wildman–Crippen LogP) is 4.38. The average Bonchev–Trinajstić information content (AvgIpc) is 3.19. The first-order valence-electron chi connectivity index (χ1n) is 12.4. The molecule has 1 aromatic heterocycles. The number of rotatable bonds is 6. The average molecular weight is 515 g/mol. The molecule has 1 fully saturated rings. The molecule has 1 amide bonds. The highest BCUT2D eigenvalue weighted by Gasteiger charge is 2.42. The monoisotopic (exact) mass is 514 g/mol. The highest BCUT2D eigenvalue weighted by molar-refractivity contribution is 7.98. The van der Waals surface area contributed by atoms with Crippen LogP contribution in [0, 0.1) is 0 Å². The first kappa shape index (κ1) is 26.4. The van der Waals surface area contributed by atoms with Crippen molar-refractivity contribution >= 4 is 35.4 Å². The van der Waals surface area contributed by atoms with E-state index in [1.165, 1.54) is 4.90 Å². The minimum absolute atomic E-state index is 0.0657. The van der Waals surface area contributed by atoms with Crippen LogP contribution in [0.25, 0.3) is 6.08 Å². The van der Waals surface area contributed by atoms with Gasteiger partial charge in [-0.05, 0) is 83.6 Å². The molecular formula is C26H38N6O3S. The van der Waals surface area contributed by atoms with Crippen molar-refractivity contribution in [3.63, 3.8) is 0 Å². The number of piperidine rings is 1. The molecule has 10 heteroatoms. The van der Waals surface area contributed by atoms with E-state index < -0.39 is 17.4 Å². The number of nitrogens with two attached hydrogens (primary N) is 1. The fourth-order valence-electron chi connectivity index (χ4n) is 4.97. The number of carbonyl (C=O) groups excluding carboxylic acids is 1. The lowest BCUT2D eigenvalue weighted by molar-refractivity contribution is 0.00828. The zero-order valence-electron chi connectivity index (χ0n) is 21.7. The molecule has 4 rings (SSSR count). The number of thioether (sulfide) groups is 1. The number of likely N-dealkylation sites (tertiary alicyclic amines) is 1. The van der Waals surface area contributed by atoms with Crippen LogP contribution in [0.3, 0.4) is 0 Å². The van der Waals surface area contributed by atoms with E-state index in [1.807, 2.05) is 56.8 Å². The number of amides is 1. The molecule has 196 valence electrons. The van der Waals surface area contributed by atoms with E-state index >= 15 is 0 Å². The third kappa shape index (κ3) is 5.66. The molecular weight excluding hydrogens is 476 g/mol. The first-order chi connectivity index (χ1) is 17.0. The molecule has 2 atom stereocenters. The van der Waals surface area contributed by atoms with Crippen LogP contribution in [0.2, 0.25) is 0 Å². The molecule has 0 bridgehead atoms. The molecule has 1 aromatic carbocycles. The van der Waals surface area contributed by atoms with Gasteiger partial charge < -0.3 is 31.1 Å². The summed E-state index contributed by atoms with van der Waals surface area (Å²) in [6.45, 7) is 8.70. The smallest absolute Gasteiger partial charge is 0.410 e. The van der Waals surface area contributed by atoms with E-state index in [2.05, 4.69) is 22.8 Å². The summed E-state index contributed by atoms with van der Waals surface area (Å²) in [5.74, 6) is 0.602. The summed E-state index contributed by atoms with van der Waals surface area (Å²) < 4.78 is 7.62. The molecule has 0 saturated carbocycles. The summed E-state index contributed by atoms with van der Waals surface area (Å²) in [5, 5.41) is 22.3. The highest BCUT2D eigenvalue weighted by atomic mass is 32.2. The second-order valence-electron chi connectivity index (χ2n) is 10.7. The molecule has 2 aromatic rings. The molecule has 0 aliphatic carbocycles. The summed E-state index contributed by atoms with van der Waals surface area (Å²) in [7, 11) is 0. The van der Waals surface area contributed by atoms with Crippen LogP contribution >= 0.6 is 11.8 Å². The van der Waals surface area contributed by atoms with Gasteiger partial charge in [0.1, 0.15) is 5.60 Å². The number of hydrogen-bond donors (Lipinski definition) is 4. The zero-order valence-corrected chi connectivity index (χ0v) is 22.6. The van der Waals surface area contributed by atoms with Gasteiger partial charge >= 0.3 is 6.09 Å². The topological polar surface area (TPSA) is 118 Å². The van der Waals surface area contributed by atoms with Crippen LogP contribution in [-0.2, 0) is 10.3 Å². The summed E-state index contributed by atoms with van der Waals surface area (Å²) in [6.07, 6.45) is 6.61. The molecule has 2 aliphatic heterocycles. The highest BCUT2D eigenvalue weighted by Crippen LogP contribution is 2.41. The number of nitrogens with zero attached hydrogens (tertiary/aromatic N) is 3. The summed E-state index contributed by atoms with van der Waals surface area (Å²) in [4.78, 5) is 15.6. The van der Waals surface area contributed by atoms with Gasteiger partial charge in [-0.15, -0.1) is 11.8 Å². The molecule has 2 aliphatic rings. The van der Waals surface area contributed by atoms with Crippen molar-refractivity contribution in [1.29, 1.82) is 0 Å². The number of aliphatic hydroxyl groups excluding tert-OH is 1. The van der Waals surface area contributed by atoms with Crippen LogP contribution in [0.4, 0.5) is 16.3 Å². The Hall–Kier alpha value is -2.69. The maximum Gasteiger partial charge on any atom is 0.410 e. The largest absolute Gasteiger partial charge is 0.444 e. The van der Waals surface area contributed by atoms with Crippen molar-refractivity contribution in [3.05, 3.63) is 41.7 Å². The number of aliphatic hydroxyl groups is 1. The van der Waals surface area contributed by atoms with E-state index in [-0.39, 0.29) is 12.1 Å². The fraction of sp³-hybridized carbons (Fsp3) is 0.538. The van der Waals surface area contributed by atoms with Crippen molar-refractivity contribution in [1.82, 2.24) is 20.0 Å². The van der Waals surface area contributed by atoms with Crippen LogP contribution in [0.5, 0.6) is 0 Å². The molecule has 36 heavy (non-hydrogen) atoms. The van der Waals surface area contributed by atoms with Crippen LogP contribution in [0.1, 0.15) is 64.4 Å². The van der Waals surface area contributed by atoms with Gasteiger partial charge in [-0.2, -0.15) is 5.10 Å². The Labute approximate surface area is 217 Å². The van der Waals surface area contributed by atoms with Crippen molar-refractivity contribution in [3.8, 4) is 0 Å². The molecule has 1 saturated heterocycles. The lowest BCUT2D eigenvalue weighted by Crippen LogP contribution is -2.51. The maximum atomic E-state index is 12.7. The standard InChI is InChI=1S/C26H38N6O3S/c1-17(27)16-26(11-14-31(15-12-26)24(34)35-25(2,3)4)32-20-10-13-28-23(33)21(20)22(30-32)29-18-6-8-19(36-5)9-7-18/h6-10,13,17,23,28,33H,11-12,14-16,27H2,1-5H3,(H,29,30). The van der Waals surface area contributed by atoms with Crippen LogP contribution < -0.4 is 16.4 Å². The number of benzene rings is 1. The number of hydrogen-bond acceptors (Lipinski definition) is 8. The third-order valence-electron chi connectivity index (χ3n) is 6.58. The lowest BCUT2D eigenvalue weighted by Gasteiger charge is -2.43. The van der Waals surface area contributed by atoms with Gasteiger partial charge in [0.15, 0.2) is 12.0 Å². The number of fused-ring (bicyclic) bond motifs is 1. The summed E-state index contributed by atoms with van der Waals surface area (Å²) in [5.41, 5.74) is 7.83. The molecule has 9 nitrogen and oxygen atoms in total. The van der Waals surface area contributed by atoms with Crippen molar-refractivity contribution in [2.45, 2.75) is 75.3 Å². The number of aromatic nitrogens is 2. The lowest BCUT2D eigenvalue weighted by atomic mass is 9.82. The zero-order chi connectivity index (χ0) is 26.1. The maximum absolute atomic E-state index is 12.7. The van der Waals surface area contributed by atoms with E-state index in [9.17, 15) is 9.90 Å². The molecule has 2 unspecified atom stereocenters. The summed E-state index contributed by atoms with van der Waals surface area (Å²) >= 11 is 1.68. The summed E-state index contributed by atoms with van der Waals surface area (Å²) in [6, 6.07) is 8.05. The van der Waals surface area contributed by atoms with E-state index in [0.29, 0.717) is 43.7 Å². The molecule has 0 radical (unpaired) electrons. The Morgan fingerprint density at radius 3 is 2.58 bits per heavy atom. The second kappa shape index (κ2) is 10.4. The molecule has 0 spiro atoms. The molecule has 5 N–H and O–H groups in total. The minimum atomic E-state index is -0.888. The number of ether oxygens (including phenoxy) is 1. The number of carbonyl (C=O) groups is 1.